The van der Waals surface area contributed by atoms with Crippen molar-refractivity contribution >= 4 is 20.3 Å². The number of imidazole rings is 1. The van der Waals surface area contributed by atoms with E-state index in [0.29, 0.717) is 17.2 Å². The molecule has 27 heavy (non-hydrogen) atoms. The summed E-state index contributed by atoms with van der Waals surface area (Å²) in [4.78, 5) is 0. The highest BCUT2D eigenvalue weighted by Crippen LogP contribution is 2.33. The Bertz CT molecular complexity index is 911. The number of hydrogen-bond donors (Lipinski definition) is 0. The Hall–Kier alpha value is -1.42. The Balaban J connectivity index is 1.86. The molecule has 1 spiro atoms. The second-order valence-electron chi connectivity index (χ2n) is 5.99. The lowest BCUT2D eigenvalue weighted by molar-refractivity contribution is -0.673. The number of rotatable bonds is 4. The van der Waals surface area contributed by atoms with Crippen LogP contribution in [-0.4, -0.2) is 62.7 Å². The van der Waals surface area contributed by atoms with E-state index in [-0.39, 0.29) is 25.9 Å². The molecule has 0 radical (unpaired) electrons. The van der Waals surface area contributed by atoms with Crippen molar-refractivity contribution in [2.75, 3.05) is 26.3 Å². The molecule has 0 saturated carbocycles. The van der Waals surface area contributed by atoms with Gasteiger partial charge in [-0.15, -0.1) is 0 Å². The molecule has 3 rings (SSSR count). The van der Waals surface area contributed by atoms with Gasteiger partial charge in [0.25, 0.3) is 0 Å². The Morgan fingerprint density at radius 1 is 1.15 bits per heavy atom. The van der Waals surface area contributed by atoms with Crippen molar-refractivity contribution in [2.45, 2.75) is 24.1 Å². The summed E-state index contributed by atoms with van der Waals surface area (Å²) in [6, 6.07) is -1.01. The molecule has 0 amide bonds. The summed E-state index contributed by atoms with van der Waals surface area (Å²) in [5, 5.41) is 0. The third-order valence-corrected chi connectivity index (χ3v) is 6.98. The van der Waals surface area contributed by atoms with Crippen LogP contribution in [0.25, 0.3) is 0 Å². The second-order valence-corrected chi connectivity index (χ2v) is 9.33. The molecule has 1 aromatic rings. The quantitative estimate of drug-likeness (QED) is 0.355. The molecule has 154 valence electrons. The van der Waals surface area contributed by atoms with Gasteiger partial charge in [0.2, 0.25) is 0 Å². The largest absolute Gasteiger partial charge is 0.534 e. The highest BCUT2D eigenvalue weighted by molar-refractivity contribution is 7.88. The van der Waals surface area contributed by atoms with E-state index in [0.717, 1.165) is 28.3 Å². The van der Waals surface area contributed by atoms with Gasteiger partial charge in [-0.2, -0.15) is 38.9 Å². The molecule has 2 aliphatic rings. The van der Waals surface area contributed by atoms with Gasteiger partial charge in [-0.05, 0) is 0 Å². The van der Waals surface area contributed by atoms with E-state index in [1.165, 1.54) is 0 Å². The fraction of sp³-hybridized carbons (Fsp3) is 0.750. The Labute approximate surface area is 153 Å². The molecule has 0 aromatic carbocycles. The monoisotopic (exact) mass is 436 g/mol. The lowest BCUT2D eigenvalue weighted by Crippen LogP contribution is -2.49. The number of ether oxygens (including phenoxy) is 2. The van der Waals surface area contributed by atoms with Gasteiger partial charge in [-0.3, -0.25) is 0 Å². The maximum absolute atomic E-state index is 12.8. The first kappa shape index (κ1) is 20.3. The van der Waals surface area contributed by atoms with Crippen molar-refractivity contribution < 1.29 is 48.2 Å². The molecule has 0 bridgehead atoms. The highest BCUT2D eigenvalue weighted by Gasteiger charge is 2.52. The fourth-order valence-electron chi connectivity index (χ4n) is 2.83. The van der Waals surface area contributed by atoms with E-state index in [2.05, 4.69) is 4.18 Å². The number of hydrogen-bond acceptors (Lipinski definition) is 7. The zero-order chi connectivity index (χ0) is 20.1. The number of aryl methyl sites for hydroxylation is 1. The maximum atomic E-state index is 12.8. The first-order valence-corrected chi connectivity index (χ1v) is 10.5. The lowest BCUT2D eigenvalue weighted by atomic mass is 10.1. The zero-order valence-corrected chi connectivity index (χ0v) is 15.7. The number of aromatic nitrogens is 2. The van der Waals surface area contributed by atoms with Crippen molar-refractivity contribution in [1.29, 1.82) is 0 Å². The highest BCUT2D eigenvalue weighted by atomic mass is 32.2. The molecule has 0 unspecified atom stereocenters. The molecule has 0 atom stereocenters. The van der Waals surface area contributed by atoms with Crippen LogP contribution < -0.4 is 8.75 Å². The van der Waals surface area contributed by atoms with E-state index < -0.39 is 37.6 Å². The van der Waals surface area contributed by atoms with Crippen LogP contribution in [0.2, 0.25) is 0 Å². The maximum Gasteiger partial charge on any atom is 0.534 e. The number of alkyl halides is 3. The molecule has 2 aliphatic heterocycles. The van der Waals surface area contributed by atoms with Crippen LogP contribution in [0.1, 0.15) is 12.8 Å². The standard InChI is InChI=1S/C12H17F3N3O7S2/c1-16-6-7-18(10(16)25-26(19,20)12(13,14)15)27(21,22)17-4-2-11(3-5-17)23-8-9-24-11/h6-7H,2-5,8-9H2,1H3/q+1. The van der Waals surface area contributed by atoms with Crippen LogP contribution >= 0.6 is 0 Å². The molecule has 0 N–H and O–H groups in total. The van der Waals surface area contributed by atoms with Gasteiger partial charge in [0.05, 0.1) is 20.3 Å². The Kier molecular flexibility index (Phi) is 4.95. The summed E-state index contributed by atoms with van der Waals surface area (Å²) in [6.45, 7) is 0.756. The van der Waals surface area contributed by atoms with Crippen molar-refractivity contribution in [2.24, 2.45) is 7.05 Å². The van der Waals surface area contributed by atoms with Gasteiger partial charge in [-0.1, -0.05) is 3.97 Å². The lowest BCUT2D eigenvalue weighted by Gasteiger charge is -2.35. The Morgan fingerprint density at radius 2 is 1.70 bits per heavy atom. The minimum atomic E-state index is -6.04. The Morgan fingerprint density at radius 3 is 2.22 bits per heavy atom. The van der Waals surface area contributed by atoms with Gasteiger partial charge < -0.3 is 13.7 Å². The van der Waals surface area contributed by atoms with Crippen molar-refractivity contribution in [3.63, 3.8) is 0 Å². The molecule has 15 heteroatoms. The van der Waals surface area contributed by atoms with Gasteiger partial charge in [0.1, 0.15) is 6.20 Å². The zero-order valence-electron chi connectivity index (χ0n) is 14.0. The van der Waals surface area contributed by atoms with Crippen molar-refractivity contribution in [3.05, 3.63) is 12.4 Å². The summed E-state index contributed by atoms with van der Waals surface area (Å²) < 4.78 is 103. The molecule has 1 aromatic heterocycles. The minimum Gasteiger partial charge on any atom is -0.347 e. The van der Waals surface area contributed by atoms with Gasteiger partial charge in [0, 0.05) is 25.9 Å². The average molecular weight is 436 g/mol. The van der Waals surface area contributed by atoms with Gasteiger partial charge in [-0.25, -0.2) is 0 Å². The SMILES string of the molecule is C[n+]1ccn(S(=O)(=O)N2CCC3(CC2)OCCO3)c1OS(=O)(=O)C(F)(F)F. The summed E-state index contributed by atoms with van der Waals surface area (Å²) in [6.07, 6.45) is 2.43. The summed E-state index contributed by atoms with van der Waals surface area (Å²) in [5.41, 5.74) is -5.70. The number of nitrogens with zero attached hydrogens (tertiary/aromatic N) is 3. The molecule has 3 heterocycles. The van der Waals surface area contributed by atoms with E-state index >= 15 is 0 Å². The predicted molar refractivity (Wildman–Crippen MR) is 81.0 cm³/mol. The number of halogens is 3. The molecular formula is C12H17F3N3O7S2+. The smallest absolute Gasteiger partial charge is 0.347 e. The fourth-order valence-corrected chi connectivity index (χ4v) is 4.83. The third-order valence-electron chi connectivity index (χ3n) is 4.26. The third kappa shape index (κ3) is 3.65. The van der Waals surface area contributed by atoms with Gasteiger partial charge >= 0.3 is 31.8 Å². The number of piperidine rings is 1. The summed E-state index contributed by atoms with van der Waals surface area (Å²) in [7, 11) is -9.26. The molecule has 2 fully saturated rings. The predicted octanol–water partition coefficient (Wildman–Crippen LogP) is -0.527. The summed E-state index contributed by atoms with van der Waals surface area (Å²) >= 11 is 0. The average Bonchev–Trinajstić information content (AvgIpc) is 3.15. The van der Waals surface area contributed by atoms with E-state index in [1.54, 1.807) is 0 Å². The minimum absolute atomic E-state index is 0.0182. The topological polar surface area (TPSA) is 108 Å². The van der Waals surface area contributed by atoms with Crippen LogP contribution in [0.15, 0.2) is 12.4 Å². The van der Waals surface area contributed by atoms with E-state index in [9.17, 15) is 30.0 Å². The molecule has 0 aliphatic carbocycles. The second kappa shape index (κ2) is 6.58. The van der Waals surface area contributed by atoms with Crippen molar-refractivity contribution in [3.8, 4) is 6.01 Å². The first-order chi connectivity index (χ1) is 12.4. The molecule has 10 nitrogen and oxygen atoms in total. The molecular weight excluding hydrogens is 419 g/mol. The molecule has 2 saturated heterocycles. The first-order valence-electron chi connectivity index (χ1n) is 7.74. The van der Waals surface area contributed by atoms with Gasteiger partial charge in [0.15, 0.2) is 12.0 Å². The van der Waals surface area contributed by atoms with Crippen LogP contribution in [0.4, 0.5) is 13.2 Å². The van der Waals surface area contributed by atoms with Crippen LogP contribution in [-0.2, 0) is 36.8 Å². The van der Waals surface area contributed by atoms with Crippen LogP contribution in [0.5, 0.6) is 6.01 Å². The normalized spacial score (nSPS) is 21.6. The van der Waals surface area contributed by atoms with E-state index in [4.69, 9.17) is 9.47 Å². The van der Waals surface area contributed by atoms with Crippen LogP contribution in [0.3, 0.4) is 0 Å². The summed E-state index contributed by atoms with van der Waals surface area (Å²) in [5.74, 6) is -0.855. The van der Waals surface area contributed by atoms with Crippen molar-refractivity contribution in [1.82, 2.24) is 8.28 Å². The van der Waals surface area contributed by atoms with E-state index in [1.807, 2.05) is 0 Å². The van der Waals surface area contributed by atoms with Crippen LogP contribution in [0, 0.1) is 0 Å².